The maximum absolute atomic E-state index is 12.3. The van der Waals surface area contributed by atoms with Gasteiger partial charge in [0.25, 0.3) is 0 Å². The zero-order valence-electron chi connectivity index (χ0n) is 8.76. The monoisotopic (exact) mass is 261 g/mol. The summed E-state index contributed by atoms with van der Waals surface area (Å²) in [4.78, 5) is 12.9. The molecule has 0 amide bonds. The van der Waals surface area contributed by atoms with E-state index in [-0.39, 0.29) is 5.78 Å². The molecule has 2 nitrogen and oxygen atoms in total. The van der Waals surface area contributed by atoms with Crippen molar-refractivity contribution in [1.82, 2.24) is 4.40 Å². The van der Waals surface area contributed by atoms with Gasteiger partial charge in [0.05, 0.1) is 14.9 Å². The van der Waals surface area contributed by atoms with Crippen LogP contribution in [0.4, 0.5) is 0 Å². The van der Waals surface area contributed by atoms with Crippen molar-refractivity contribution in [2.24, 2.45) is 0 Å². The van der Waals surface area contributed by atoms with E-state index in [2.05, 4.69) is 0 Å². The molecular formula is C13H8ClNOS. The minimum atomic E-state index is 0.00750. The van der Waals surface area contributed by atoms with Gasteiger partial charge in [-0.05, 0) is 36.4 Å². The Labute approximate surface area is 107 Å². The van der Waals surface area contributed by atoms with Gasteiger partial charge in [0.2, 0.25) is 5.78 Å². The Kier molecular flexibility index (Phi) is 2.50. The molecule has 3 aromatic rings. The van der Waals surface area contributed by atoms with E-state index >= 15 is 0 Å². The van der Waals surface area contributed by atoms with Crippen molar-refractivity contribution in [2.75, 3.05) is 0 Å². The summed E-state index contributed by atoms with van der Waals surface area (Å²) in [6, 6.07) is 13.1. The van der Waals surface area contributed by atoms with Crippen LogP contribution < -0.4 is 0 Å². The van der Waals surface area contributed by atoms with Crippen LogP contribution in [0.3, 0.4) is 0 Å². The summed E-state index contributed by atoms with van der Waals surface area (Å²) in [7, 11) is 0. The van der Waals surface area contributed by atoms with Crippen molar-refractivity contribution in [3.05, 3.63) is 63.6 Å². The molecule has 0 aliphatic carbocycles. The lowest BCUT2D eigenvalue weighted by Crippen LogP contribution is -2.02. The van der Waals surface area contributed by atoms with Crippen LogP contribution in [0, 0.1) is 0 Å². The Morgan fingerprint density at radius 1 is 1.12 bits per heavy atom. The second kappa shape index (κ2) is 4.02. The first-order chi connectivity index (χ1) is 8.25. The molecule has 0 saturated heterocycles. The highest BCUT2D eigenvalue weighted by Gasteiger charge is 2.14. The Hall–Kier alpha value is -1.58. The van der Waals surface area contributed by atoms with E-state index in [1.54, 1.807) is 12.1 Å². The zero-order chi connectivity index (χ0) is 11.8. The first-order valence-corrected chi connectivity index (χ1v) is 6.31. The molecule has 3 aromatic heterocycles. The molecule has 0 aliphatic heterocycles. The predicted octanol–water partition coefficient (Wildman–Crippen LogP) is 3.89. The van der Waals surface area contributed by atoms with Crippen molar-refractivity contribution in [1.29, 1.82) is 0 Å². The second-order valence-electron chi connectivity index (χ2n) is 3.65. The number of thiophene rings is 1. The van der Waals surface area contributed by atoms with Crippen LogP contribution in [0.2, 0.25) is 4.34 Å². The van der Waals surface area contributed by atoms with E-state index in [1.807, 2.05) is 40.9 Å². The molecule has 3 heterocycles. The average Bonchev–Trinajstić information content (AvgIpc) is 2.94. The van der Waals surface area contributed by atoms with Gasteiger partial charge in [-0.2, -0.15) is 0 Å². The summed E-state index contributed by atoms with van der Waals surface area (Å²) in [5.74, 6) is 0.00750. The quantitative estimate of drug-likeness (QED) is 0.642. The molecule has 4 heteroatoms. The molecule has 0 bridgehead atoms. The minimum absolute atomic E-state index is 0.00750. The fourth-order valence-electron chi connectivity index (χ4n) is 1.80. The van der Waals surface area contributed by atoms with E-state index in [4.69, 9.17) is 11.6 Å². The first-order valence-electron chi connectivity index (χ1n) is 5.12. The normalized spacial score (nSPS) is 10.9. The van der Waals surface area contributed by atoms with Gasteiger partial charge in [-0.15, -0.1) is 11.3 Å². The van der Waals surface area contributed by atoms with Gasteiger partial charge in [0.15, 0.2) is 0 Å². The van der Waals surface area contributed by atoms with Gasteiger partial charge >= 0.3 is 0 Å². The van der Waals surface area contributed by atoms with Crippen molar-refractivity contribution in [3.8, 4) is 0 Å². The van der Waals surface area contributed by atoms with Gasteiger partial charge in [0.1, 0.15) is 0 Å². The number of fused-ring (bicyclic) bond motifs is 1. The van der Waals surface area contributed by atoms with Gasteiger partial charge in [-0.3, -0.25) is 4.79 Å². The number of nitrogens with zero attached hydrogens (tertiary/aromatic N) is 1. The maximum Gasteiger partial charge on any atom is 0.219 e. The number of hydrogen-bond acceptors (Lipinski definition) is 2. The molecule has 0 fully saturated rings. The molecular weight excluding hydrogens is 254 g/mol. The van der Waals surface area contributed by atoms with Crippen LogP contribution in [-0.4, -0.2) is 10.2 Å². The number of halogens is 1. The lowest BCUT2D eigenvalue weighted by Gasteiger charge is -1.99. The molecule has 0 aromatic carbocycles. The van der Waals surface area contributed by atoms with Crippen LogP contribution in [0.25, 0.3) is 5.52 Å². The number of hydrogen-bond donors (Lipinski definition) is 0. The molecule has 0 unspecified atom stereocenters. The Balaban J connectivity index is 2.13. The van der Waals surface area contributed by atoms with Crippen LogP contribution >= 0.6 is 22.9 Å². The minimum Gasteiger partial charge on any atom is -0.314 e. The highest BCUT2D eigenvalue weighted by atomic mass is 35.5. The standard InChI is InChI=1S/C13H8ClNOS/c14-12-7-6-11(17-12)13(16)10-5-4-9-3-1-2-8-15(9)10/h1-8H. The van der Waals surface area contributed by atoms with Gasteiger partial charge in [-0.25, -0.2) is 0 Å². The average molecular weight is 262 g/mol. The van der Waals surface area contributed by atoms with E-state index < -0.39 is 0 Å². The largest absolute Gasteiger partial charge is 0.314 e. The van der Waals surface area contributed by atoms with Gasteiger partial charge < -0.3 is 4.40 Å². The first kappa shape index (κ1) is 10.6. The molecule has 0 radical (unpaired) electrons. The number of pyridine rings is 1. The van der Waals surface area contributed by atoms with E-state index in [0.29, 0.717) is 14.9 Å². The molecule has 0 spiro atoms. The topological polar surface area (TPSA) is 21.5 Å². The molecule has 84 valence electrons. The highest BCUT2D eigenvalue weighted by Crippen LogP contribution is 2.24. The van der Waals surface area contributed by atoms with Crippen LogP contribution in [0.5, 0.6) is 0 Å². The summed E-state index contributed by atoms with van der Waals surface area (Å²) in [5, 5.41) is 0. The van der Waals surface area contributed by atoms with Crippen molar-refractivity contribution < 1.29 is 4.79 Å². The van der Waals surface area contributed by atoms with Crippen molar-refractivity contribution in [2.45, 2.75) is 0 Å². The Bertz CT molecular complexity index is 698. The number of carbonyl (C=O) groups excluding carboxylic acids is 1. The Morgan fingerprint density at radius 2 is 2.00 bits per heavy atom. The third-order valence-electron chi connectivity index (χ3n) is 2.59. The van der Waals surface area contributed by atoms with E-state index in [0.717, 1.165) is 5.52 Å². The van der Waals surface area contributed by atoms with Crippen molar-refractivity contribution >= 4 is 34.2 Å². The molecule has 3 rings (SSSR count). The van der Waals surface area contributed by atoms with Crippen LogP contribution in [0.15, 0.2) is 48.7 Å². The smallest absolute Gasteiger partial charge is 0.219 e. The summed E-state index contributed by atoms with van der Waals surface area (Å²) in [5.41, 5.74) is 1.68. The lowest BCUT2D eigenvalue weighted by atomic mass is 10.2. The number of aromatic nitrogens is 1. The molecule has 0 saturated carbocycles. The third kappa shape index (κ3) is 1.77. The number of ketones is 1. The lowest BCUT2D eigenvalue weighted by molar-refractivity contribution is 0.103. The zero-order valence-corrected chi connectivity index (χ0v) is 10.3. The fourth-order valence-corrected chi connectivity index (χ4v) is 2.80. The van der Waals surface area contributed by atoms with Gasteiger partial charge in [0, 0.05) is 11.7 Å². The molecule has 0 atom stereocenters. The maximum atomic E-state index is 12.3. The predicted molar refractivity (Wildman–Crippen MR) is 70.2 cm³/mol. The summed E-state index contributed by atoms with van der Waals surface area (Å²) < 4.78 is 2.52. The Morgan fingerprint density at radius 3 is 2.76 bits per heavy atom. The highest BCUT2D eigenvalue weighted by molar-refractivity contribution is 7.18. The second-order valence-corrected chi connectivity index (χ2v) is 5.36. The number of carbonyl (C=O) groups is 1. The van der Waals surface area contributed by atoms with Crippen LogP contribution in [-0.2, 0) is 0 Å². The summed E-state index contributed by atoms with van der Waals surface area (Å²) in [6.07, 6.45) is 1.89. The van der Waals surface area contributed by atoms with E-state index in [9.17, 15) is 4.79 Å². The third-order valence-corrected chi connectivity index (χ3v) is 3.82. The fraction of sp³-hybridized carbons (Fsp3) is 0. The van der Waals surface area contributed by atoms with Crippen molar-refractivity contribution in [3.63, 3.8) is 0 Å². The molecule has 0 aliphatic rings. The summed E-state index contributed by atoms with van der Waals surface area (Å²) in [6.45, 7) is 0. The van der Waals surface area contributed by atoms with Gasteiger partial charge in [-0.1, -0.05) is 17.7 Å². The molecule has 17 heavy (non-hydrogen) atoms. The molecule has 0 N–H and O–H groups in total. The number of rotatable bonds is 2. The SMILES string of the molecule is O=C(c1ccc(Cl)s1)c1ccc2ccccn12. The van der Waals surface area contributed by atoms with Crippen LogP contribution in [0.1, 0.15) is 15.4 Å². The van der Waals surface area contributed by atoms with E-state index in [1.165, 1.54) is 11.3 Å². The summed E-state index contributed by atoms with van der Waals surface area (Å²) >= 11 is 7.15.